The second-order valence-electron chi connectivity index (χ2n) is 6.85. The van der Waals surface area contributed by atoms with Gasteiger partial charge in [-0.25, -0.2) is 0 Å². The number of rotatable bonds is 4. The summed E-state index contributed by atoms with van der Waals surface area (Å²) in [5, 5.41) is 0. The minimum atomic E-state index is -0.302. The minimum absolute atomic E-state index is 0.0218. The average molecular weight is 382 g/mol. The highest BCUT2D eigenvalue weighted by Gasteiger charge is 2.27. The van der Waals surface area contributed by atoms with Crippen LogP contribution in [-0.2, 0) is 20.7 Å². The van der Waals surface area contributed by atoms with Gasteiger partial charge in [0.05, 0.1) is 20.1 Å². The lowest BCUT2D eigenvalue weighted by atomic mass is 10.1. The smallest absolute Gasteiger partial charge is 0.228 e. The number of ether oxygens (including phenoxy) is 2. The van der Waals surface area contributed by atoms with Crippen molar-refractivity contribution in [1.82, 2.24) is 4.90 Å². The number of hydrogen-bond acceptors (Lipinski definition) is 4. The molecule has 3 rings (SSSR count). The van der Waals surface area contributed by atoms with Gasteiger partial charge in [0.25, 0.3) is 0 Å². The van der Waals surface area contributed by atoms with Crippen molar-refractivity contribution in [3.63, 3.8) is 0 Å². The van der Waals surface area contributed by atoms with E-state index in [4.69, 9.17) is 9.47 Å². The molecule has 148 valence electrons. The zero-order chi connectivity index (χ0) is 20.1. The summed E-state index contributed by atoms with van der Waals surface area (Å²) in [6.45, 7) is 0.773. The van der Waals surface area contributed by atoms with Gasteiger partial charge in [-0.2, -0.15) is 0 Å². The number of carbonyl (C=O) groups excluding carboxylic acids is 2. The molecule has 1 unspecified atom stereocenters. The summed E-state index contributed by atoms with van der Waals surface area (Å²) in [6, 6.07) is 15.1. The molecule has 0 aromatic heterocycles. The zero-order valence-corrected chi connectivity index (χ0v) is 16.6. The standard InChI is InChI=1S/C22H26N2O4/c1-23-19-7-5-4-6-18(19)20(28-3)15-24(13-12-21(23)25)22(26)14-16-8-10-17(27-2)11-9-16/h4-11,20H,12-15H2,1-3H3. The highest BCUT2D eigenvalue weighted by molar-refractivity contribution is 5.94. The molecule has 1 heterocycles. The molecule has 0 saturated heterocycles. The fourth-order valence-corrected chi connectivity index (χ4v) is 3.45. The summed E-state index contributed by atoms with van der Waals surface area (Å²) < 4.78 is 10.9. The molecule has 0 fully saturated rings. The molecule has 6 nitrogen and oxygen atoms in total. The van der Waals surface area contributed by atoms with Gasteiger partial charge in [0.2, 0.25) is 11.8 Å². The summed E-state index contributed by atoms with van der Waals surface area (Å²) in [5.74, 6) is 0.706. The number of fused-ring (bicyclic) bond motifs is 1. The first kappa shape index (κ1) is 19.9. The first-order chi connectivity index (χ1) is 13.5. The van der Waals surface area contributed by atoms with E-state index >= 15 is 0 Å². The van der Waals surface area contributed by atoms with E-state index in [2.05, 4.69) is 0 Å². The molecule has 2 aromatic rings. The topological polar surface area (TPSA) is 59.1 Å². The van der Waals surface area contributed by atoms with Gasteiger partial charge in [0, 0.05) is 38.4 Å². The van der Waals surface area contributed by atoms with E-state index in [-0.39, 0.29) is 30.8 Å². The van der Waals surface area contributed by atoms with E-state index in [0.29, 0.717) is 13.1 Å². The lowest BCUT2D eigenvalue weighted by Gasteiger charge is -2.27. The van der Waals surface area contributed by atoms with Gasteiger partial charge in [0.15, 0.2) is 0 Å². The number of anilines is 1. The maximum Gasteiger partial charge on any atom is 0.228 e. The molecule has 2 aromatic carbocycles. The lowest BCUT2D eigenvalue weighted by molar-refractivity contribution is -0.132. The molecule has 6 heteroatoms. The van der Waals surface area contributed by atoms with Crippen molar-refractivity contribution in [3.8, 4) is 5.75 Å². The first-order valence-corrected chi connectivity index (χ1v) is 9.32. The summed E-state index contributed by atoms with van der Waals surface area (Å²) in [5.41, 5.74) is 2.64. The predicted molar refractivity (Wildman–Crippen MR) is 107 cm³/mol. The summed E-state index contributed by atoms with van der Waals surface area (Å²) in [7, 11) is 5.01. The highest BCUT2D eigenvalue weighted by atomic mass is 16.5. The molecule has 0 radical (unpaired) electrons. The number of amides is 2. The van der Waals surface area contributed by atoms with E-state index in [1.54, 1.807) is 31.1 Å². The molecule has 0 bridgehead atoms. The quantitative estimate of drug-likeness (QED) is 0.816. The Morgan fingerprint density at radius 2 is 1.82 bits per heavy atom. The molecule has 0 N–H and O–H groups in total. The number of benzene rings is 2. The van der Waals surface area contributed by atoms with Crippen LogP contribution in [0, 0.1) is 0 Å². The van der Waals surface area contributed by atoms with Crippen molar-refractivity contribution < 1.29 is 19.1 Å². The van der Waals surface area contributed by atoms with Crippen molar-refractivity contribution in [2.45, 2.75) is 18.9 Å². The SMILES string of the molecule is COc1ccc(CC(=O)N2CCC(=O)N(C)c3ccccc3C(OC)C2)cc1. The van der Waals surface area contributed by atoms with Crippen LogP contribution in [0.25, 0.3) is 0 Å². The Labute approximate surface area is 165 Å². The fourth-order valence-electron chi connectivity index (χ4n) is 3.45. The number of nitrogens with zero attached hydrogens (tertiary/aromatic N) is 2. The van der Waals surface area contributed by atoms with E-state index < -0.39 is 0 Å². The average Bonchev–Trinajstić information content (AvgIpc) is 2.78. The summed E-state index contributed by atoms with van der Waals surface area (Å²) in [6.07, 6.45) is 0.242. The van der Waals surface area contributed by atoms with Crippen LogP contribution in [0.3, 0.4) is 0 Å². The fraction of sp³-hybridized carbons (Fsp3) is 0.364. The molecule has 1 aliphatic rings. The minimum Gasteiger partial charge on any atom is -0.497 e. The largest absolute Gasteiger partial charge is 0.497 e. The second kappa shape index (κ2) is 8.89. The van der Waals surface area contributed by atoms with Gasteiger partial charge in [-0.15, -0.1) is 0 Å². The third-order valence-electron chi connectivity index (χ3n) is 5.15. The Kier molecular flexibility index (Phi) is 6.31. The Hall–Kier alpha value is -2.86. The van der Waals surface area contributed by atoms with Crippen LogP contribution in [0.1, 0.15) is 23.7 Å². The molecular formula is C22H26N2O4. The van der Waals surface area contributed by atoms with Crippen LogP contribution in [0.2, 0.25) is 0 Å². The number of carbonyl (C=O) groups is 2. The van der Waals surface area contributed by atoms with Crippen molar-refractivity contribution in [2.75, 3.05) is 39.3 Å². The van der Waals surface area contributed by atoms with Gasteiger partial charge in [-0.05, 0) is 23.8 Å². The van der Waals surface area contributed by atoms with E-state index in [0.717, 1.165) is 22.6 Å². The van der Waals surface area contributed by atoms with Crippen molar-refractivity contribution in [2.24, 2.45) is 0 Å². The van der Waals surface area contributed by atoms with Gasteiger partial charge < -0.3 is 19.3 Å². The maximum atomic E-state index is 13.0. The number of methoxy groups -OCH3 is 2. The van der Waals surface area contributed by atoms with E-state index in [9.17, 15) is 9.59 Å². The Balaban J connectivity index is 1.83. The van der Waals surface area contributed by atoms with Crippen LogP contribution in [0.4, 0.5) is 5.69 Å². The second-order valence-corrected chi connectivity index (χ2v) is 6.85. The number of para-hydroxylation sites is 1. The van der Waals surface area contributed by atoms with Gasteiger partial charge in [0.1, 0.15) is 11.9 Å². The molecule has 1 aliphatic heterocycles. The van der Waals surface area contributed by atoms with Crippen LogP contribution >= 0.6 is 0 Å². The first-order valence-electron chi connectivity index (χ1n) is 9.32. The van der Waals surface area contributed by atoms with Crippen molar-refractivity contribution in [1.29, 1.82) is 0 Å². The lowest BCUT2D eigenvalue weighted by Crippen LogP contribution is -2.38. The molecule has 0 saturated carbocycles. The summed E-state index contributed by atoms with van der Waals surface area (Å²) >= 11 is 0. The van der Waals surface area contributed by atoms with Gasteiger partial charge in [-0.3, -0.25) is 9.59 Å². The third kappa shape index (κ3) is 4.34. The van der Waals surface area contributed by atoms with Crippen LogP contribution < -0.4 is 9.64 Å². The van der Waals surface area contributed by atoms with E-state index in [1.807, 2.05) is 48.5 Å². The molecule has 28 heavy (non-hydrogen) atoms. The van der Waals surface area contributed by atoms with Gasteiger partial charge in [-0.1, -0.05) is 30.3 Å². The Morgan fingerprint density at radius 3 is 2.50 bits per heavy atom. The number of hydrogen-bond donors (Lipinski definition) is 0. The third-order valence-corrected chi connectivity index (χ3v) is 5.15. The van der Waals surface area contributed by atoms with Crippen LogP contribution in [0.15, 0.2) is 48.5 Å². The Bertz CT molecular complexity index is 835. The van der Waals surface area contributed by atoms with Crippen molar-refractivity contribution in [3.05, 3.63) is 59.7 Å². The van der Waals surface area contributed by atoms with Crippen LogP contribution in [0.5, 0.6) is 5.75 Å². The molecule has 0 aliphatic carbocycles. The monoisotopic (exact) mass is 382 g/mol. The normalized spacial score (nSPS) is 17.4. The Morgan fingerprint density at radius 1 is 1.11 bits per heavy atom. The maximum absolute atomic E-state index is 13.0. The molecular weight excluding hydrogens is 356 g/mol. The van der Waals surface area contributed by atoms with Crippen LogP contribution in [-0.4, -0.2) is 51.1 Å². The highest BCUT2D eigenvalue weighted by Crippen LogP contribution is 2.30. The van der Waals surface area contributed by atoms with Crippen molar-refractivity contribution >= 4 is 17.5 Å². The molecule has 1 atom stereocenters. The molecule has 0 spiro atoms. The predicted octanol–water partition coefficient (Wildman–Crippen LogP) is 2.82. The zero-order valence-electron chi connectivity index (χ0n) is 16.6. The summed E-state index contributed by atoms with van der Waals surface area (Å²) in [4.78, 5) is 29.0. The van der Waals surface area contributed by atoms with Gasteiger partial charge >= 0.3 is 0 Å². The van der Waals surface area contributed by atoms with E-state index in [1.165, 1.54) is 0 Å². The molecule has 2 amide bonds.